The van der Waals surface area contributed by atoms with Crippen molar-refractivity contribution in [3.05, 3.63) is 107 Å². The number of methoxy groups -OCH3 is 1. The molecule has 190 valence electrons. The Hall–Kier alpha value is -3.97. The molecule has 1 amide bonds. The largest absolute Gasteiger partial charge is 0.496 e. The van der Waals surface area contributed by atoms with Gasteiger partial charge in [0, 0.05) is 24.3 Å². The van der Waals surface area contributed by atoms with E-state index in [4.69, 9.17) is 21.1 Å². The molecule has 37 heavy (non-hydrogen) atoms. The van der Waals surface area contributed by atoms with Crippen LogP contribution in [0.5, 0.6) is 11.5 Å². The molecule has 0 spiro atoms. The van der Waals surface area contributed by atoms with Gasteiger partial charge in [-0.3, -0.25) is 4.79 Å². The number of amides is 1. The minimum atomic E-state index is -0.152. The SMILES string of the molecule is COc1ccccc1CCNC(=O)c1cccc2c1OCCN2Cc1cncn1Cc1ccc(Cl)cc1. The number of aromatic nitrogens is 2. The maximum Gasteiger partial charge on any atom is 0.255 e. The second-order valence-corrected chi connectivity index (χ2v) is 9.32. The molecular weight excluding hydrogens is 488 g/mol. The highest BCUT2D eigenvalue weighted by atomic mass is 35.5. The van der Waals surface area contributed by atoms with Gasteiger partial charge in [-0.1, -0.05) is 48.0 Å². The summed E-state index contributed by atoms with van der Waals surface area (Å²) in [6, 6.07) is 21.4. The molecule has 0 aliphatic carbocycles. The highest BCUT2D eigenvalue weighted by Crippen LogP contribution is 2.36. The van der Waals surface area contributed by atoms with Gasteiger partial charge in [-0.2, -0.15) is 0 Å². The molecule has 1 aromatic heterocycles. The van der Waals surface area contributed by atoms with E-state index in [-0.39, 0.29) is 5.91 Å². The van der Waals surface area contributed by atoms with Gasteiger partial charge < -0.3 is 24.3 Å². The molecule has 3 aromatic carbocycles. The summed E-state index contributed by atoms with van der Waals surface area (Å²) in [5.41, 5.74) is 4.73. The number of fused-ring (bicyclic) bond motifs is 1. The Balaban J connectivity index is 1.28. The number of rotatable bonds is 9. The number of carbonyl (C=O) groups is 1. The van der Waals surface area contributed by atoms with Crippen LogP contribution in [-0.4, -0.2) is 42.3 Å². The molecule has 8 heteroatoms. The number of benzene rings is 3. The van der Waals surface area contributed by atoms with Crippen molar-refractivity contribution in [1.29, 1.82) is 0 Å². The summed E-state index contributed by atoms with van der Waals surface area (Å²) in [6.45, 7) is 3.08. The molecule has 1 aliphatic heterocycles. The van der Waals surface area contributed by atoms with E-state index in [9.17, 15) is 4.79 Å². The van der Waals surface area contributed by atoms with Crippen LogP contribution in [0.3, 0.4) is 0 Å². The van der Waals surface area contributed by atoms with Crippen molar-refractivity contribution in [2.45, 2.75) is 19.5 Å². The van der Waals surface area contributed by atoms with Crippen LogP contribution in [0.25, 0.3) is 0 Å². The normalized spacial score (nSPS) is 12.5. The Morgan fingerprint density at radius 1 is 1.08 bits per heavy atom. The Labute approximate surface area is 221 Å². The second-order valence-electron chi connectivity index (χ2n) is 8.88. The van der Waals surface area contributed by atoms with E-state index in [0.717, 1.165) is 39.8 Å². The fourth-order valence-electron chi connectivity index (χ4n) is 4.57. The summed E-state index contributed by atoms with van der Waals surface area (Å²) in [5, 5.41) is 3.75. The highest BCUT2D eigenvalue weighted by Gasteiger charge is 2.24. The third-order valence-electron chi connectivity index (χ3n) is 6.48. The lowest BCUT2D eigenvalue weighted by Gasteiger charge is -2.32. The molecule has 1 N–H and O–H groups in total. The number of anilines is 1. The van der Waals surface area contributed by atoms with E-state index >= 15 is 0 Å². The first-order chi connectivity index (χ1) is 18.1. The minimum Gasteiger partial charge on any atom is -0.496 e. The Bertz CT molecular complexity index is 1370. The first-order valence-electron chi connectivity index (χ1n) is 12.3. The zero-order chi connectivity index (χ0) is 25.6. The molecule has 4 aromatic rings. The number of nitrogens with one attached hydrogen (secondary N) is 1. The standard InChI is InChI=1S/C29H29ClN4O3/c1-36-27-8-3-2-5-22(27)13-14-32-29(35)25-6-4-7-26-28(25)37-16-15-33(26)19-24-17-31-20-34(24)18-21-9-11-23(30)12-10-21/h2-12,17,20H,13-16,18-19H2,1H3,(H,32,35). The van der Waals surface area contributed by atoms with Gasteiger partial charge in [0.25, 0.3) is 5.91 Å². The molecule has 7 nitrogen and oxygen atoms in total. The molecule has 0 bridgehead atoms. The highest BCUT2D eigenvalue weighted by molar-refractivity contribution is 6.30. The maximum absolute atomic E-state index is 13.1. The Morgan fingerprint density at radius 2 is 1.92 bits per heavy atom. The quantitative estimate of drug-likeness (QED) is 0.340. The summed E-state index contributed by atoms with van der Waals surface area (Å²) >= 11 is 6.03. The maximum atomic E-state index is 13.1. The lowest BCUT2D eigenvalue weighted by atomic mass is 10.1. The van der Waals surface area contributed by atoms with E-state index in [1.54, 1.807) is 7.11 Å². The van der Waals surface area contributed by atoms with E-state index < -0.39 is 0 Å². The fraction of sp³-hybridized carbons (Fsp3) is 0.241. The number of ether oxygens (including phenoxy) is 2. The number of imidazole rings is 1. The van der Waals surface area contributed by atoms with Crippen molar-refractivity contribution in [3.8, 4) is 11.5 Å². The fourth-order valence-corrected chi connectivity index (χ4v) is 4.69. The molecule has 0 saturated carbocycles. The number of hydrogen-bond acceptors (Lipinski definition) is 5. The van der Waals surface area contributed by atoms with Gasteiger partial charge in [0.1, 0.15) is 12.4 Å². The van der Waals surface area contributed by atoms with Crippen LogP contribution in [0, 0.1) is 0 Å². The van der Waals surface area contributed by atoms with Crippen molar-refractivity contribution >= 4 is 23.2 Å². The van der Waals surface area contributed by atoms with Crippen LogP contribution < -0.4 is 19.7 Å². The lowest BCUT2D eigenvalue weighted by molar-refractivity contribution is 0.0949. The molecule has 0 saturated heterocycles. The number of hydrogen-bond donors (Lipinski definition) is 1. The molecule has 0 atom stereocenters. The van der Waals surface area contributed by atoms with Crippen molar-refractivity contribution in [2.75, 3.05) is 31.7 Å². The predicted molar refractivity (Wildman–Crippen MR) is 145 cm³/mol. The van der Waals surface area contributed by atoms with Gasteiger partial charge in [-0.05, 0) is 47.9 Å². The third-order valence-corrected chi connectivity index (χ3v) is 6.73. The monoisotopic (exact) mass is 516 g/mol. The lowest BCUT2D eigenvalue weighted by Crippen LogP contribution is -2.34. The van der Waals surface area contributed by atoms with Crippen LogP contribution in [-0.2, 0) is 19.5 Å². The molecule has 1 aliphatic rings. The zero-order valence-corrected chi connectivity index (χ0v) is 21.4. The van der Waals surface area contributed by atoms with Gasteiger partial charge in [-0.15, -0.1) is 0 Å². The predicted octanol–water partition coefficient (Wildman–Crippen LogP) is 4.96. The van der Waals surface area contributed by atoms with Crippen LogP contribution in [0.15, 0.2) is 79.3 Å². The van der Waals surface area contributed by atoms with E-state index in [1.807, 2.05) is 79.3 Å². The van der Waals surface area contributed by atoms with Gasteiger partial charge in [-0.25, -0.2) is 4.98 Å². The first kappa shape index (κ1) is 24.7. The molecule has 0 radical (unpaired) electrons. The first-order valence-corrected chi connectivity index (χ1v) is 12.6. The summed E-state index contributed by atoms with van der Waals surface area (Å²) in [4.78, 5) is 19.7. The van der Waals surface area contributed by atoms with Crippen LogP contribution in [0.1, 0.15) is 27.2 Å². The summed E-state index contributed by atoms with van der Waals surface area (Å²) < 4.78 is 13.6. The van der Waals surface area contributed by atoms with Gasteiger partial charge in [0.05, 0.1) is 43.5 Å². The van der Waals surface area contributed by atoms with E-state index in [0.29, 0.717) is 44.0 Å². The Kier molecular flexibility index (Phi) is 7.61. The number of nitrogens with zero attached hydrogens (tertiary/aromatic N) is 3. The summed E-state index contributed by atoms with van der Waals surface area (Å²) in [7, 11) is 1.65. The van der Waals surface area contributed by atoms with Gasteiger partial charge >= 0.3 is 0 Å². The minimum absolute atomic E-state index is 0.152. The number of halogens is 1. The average Bonchev–Trinajstić information content (AvgIpc) is 3.36. The summed E-state index contributed by atoms with van der Waals surface area (Å²) in [6.07, 6.45) is 4.41. The van der Waals surface area contributed by atoms with Crippen molar-refractivity contribution < 1.29 is 14.3 Å². The third kappa shape index (κ3) is 5.73. The molecule has 0 fully saturated rings. The van der Waals surface area contributed by atoms with Crippen LogP contribution in [0.4, 0.5) is 5.69 Å². The van der Waals surface area contributed by atoms with Gasteiger partial charge in [0.15, 0.2) is 5.75 Å². The summed E-state index contributed by atoms with van der Waals surface area (Å²) in [5.74, 6) is 1.29. The Morgan fingerprint density at radius 3 is 2.76 bits per heavy atom. The van der Waals surface area contributed by atoms with Gasteiger partial charge in [0.2, 0.25) is 0 Å². The molecule has 0 unspecified atom stereocenters. The topological polar surface area (TPSA) is 68.6 Å². The van der Waals surface area contributed by atoms with Crippen LogP contribution >= 0.6 is 11.6 Å². The second kappa shape index (κ2) is 11.4. The van der Waals surface area contributed by atoms with Crippen LogP contribution in [0.2, 0.25) is 5.02 Å². The molecule has 2 heterocycles. The van der Waals surface area contributed by atoms with E-state index in [2.05, 4.69) is 19.8 Å². The van der Waals surface area contributed by atoms with Crippen molar-refractivity contribution in [2.24, 2.45) is 0 Å². The zero-order valence-electron chi connectivity index (χ0n) is 20.7. The van der Waals surface area contributed by atoms with E-state index in [1.165, 1.54) is 0 Å². The molecule has 5 rings (SSSR count). The van der Waals surface area contributed by atoms with Crippen molar-refractivity contribution in [3.63, 3.8) is 0 Å². The number of para-hydroxylation sites is 2. The average molecular weight is 517 g/mol. The smallest absolute Gasteiger partial charge is 0.255 e. The van der Waals surface area contributed by atoms with Crippen molar-refractivity contribution in [1.82, 2.24) is 14.9 Å². The number of carbonyl (C=O) groups excluding carboxylic acids is 1. The molecular formula is C29H29ClN4O3.